The van der Waals surface area contributed by atoms with Gasteiger partial charge in [-0.05, 0) is 35.9 Å². The molecule has 8 nitrogen and oxygen atoms in total. The van der Waals surface area contributed by atoms with E-state index in [-0.39, 0.29) is 25.5 Å². The van der Waals surface area contributed by atoms with E-state index in [1.165, 1.54) is 19.3 Å². The number of amides is 1. The minimum absolute atomic E-state index is 0.0156. The molecule has 0 unspecified atom stereocenters. The average molecular weight is 477 g/mol. The van der Waals surface area contributed by atoms with E-state index < -0.39 is 35.9 Å². The summed E-state index contributed by atoms with van der Waals surface area (Å²) in [6, 6.07) is 9.03. The van der Waals surface area contributed by atoms with Gasteiger partial charge in [-0.15, -0.1) is 0 Å². The van der Waals surface area contributed by atoms with Gasteiger partial charge in [-0.2, -0.15) is 0 Å². The molecule has 0 radical (unpaired) electrons. The molecule has 0 heterocycles. The van der Waals surface area contributed by atoms with Gasteiger partial charge in [0.1, 0.15) is 36.7 Å². The van der Waals surface area contributed by atoms with Crippen molar-refractivity contribution in [1.29, 1.82) is 0 Å². The number of carbonyl (C=O) groups excluding carboxylic acids is 2. The topological polar surface area (TPSA) is 103 Å². The van der Waals surface area contributed by atoms with Gasteiger partial charge in [-0.3, -0.25) is 5.32 Å². The first-order valence-corrected chi connectivity index (χ1v) is 10.1. The molecule has 0 bridgehead atoms. The zero-order valence-corrected chi connectivity index (χ0v) is 18.4. The maximum atomic E-state index is 13.9. The second kappa shape index (κ2) is 13.7. The first kappa shape index (κ1) is 26.5. The molecule has 182 valence electrons. The molecule has 0 saturated carbocycles. The van der Waals surface area contributed by atoms with Crippen LogP contribution < -0.4 is 10.1 Å². The molecule has 2 aromatic rings. The number of anilines is 1. The molecule has 2 rings (SSSR count). The highest BCUT2D eigenvalue weighted by molar-refractivity contribution is 5.85. The number of nitrogens with one attached hydrogen (secondary N) is 1. The van der Waals surface area contributed by atoms with Gasteiger partial charge in [-0.25, -0.2) is 18.4 Å². The second-order valence-electron chi connectivity index (χ2n) is 6.69. The van der Waals surface area contributed by atoms with E-state index in [0.29, 0.717) is 17.4 Å². The fourth-order valence-electron chi connectivity index (χ4n) is 2.75. The number of aliphatic hydroxyl groups is 1. The van der Waals surface area contributed by atoms with Crippen LogP contribution in [0.25, 0.3) is 0 Å². The molecule has 0 aliphatic rings. The van der Waals surface area contributed by atoms with Crippen LogP contribution in [0.4, 0.5) is 19.3 Å². The highest BCUT2D eigenvalue weighted by Crippen LogP contribution is 2.27. The number of methoxy groups -OCH3 is 1. The molecule has 2 aromatic carbocycles. The quantitative estimate of drug-likeness (QED) is 0.271. The third-order valence-corrected chi connectivity index (χ3v) is 4.31. The van der Waals surface area contributed by atoms with Crippen molar-refractivity contribution in [3.63, 3.8) is 0 Å². The number of aliphatic hydroxyl groups excluding tert-OH is 1. The number of esters is 1. The van der Waals surface area contributed by atoms with Gasteiger partial charge in [0, 0.05) is 19.3 Å². The summed E-state index contributed by atoms with van der Waals surface area (Å²) >= 11 is 0. The van der Waals surface area contributed by atoms with Crippen molar-refractivity contribution in [2.45, 2.75) is 12.2 Å². The Kier molecular flexibility index (Phi) is 10.7. The van der Waals surface area contributed by atoms with E-state index >= 15 is 0 Å². The van der Waals surface area contributed by atoms with Gasteiger partial charge in [0.05, 0.1) is 12.3 Å². The summed E-state index contributed by atoms with van der Waals surface area (Å²) in [4.78, 5) is 24.3. The number of hydrogen-bond donors (Lipinski definition) is 2. The number of ether oxygens (including phenoxy) is 4. The van der Waals surface area contributed by atoms with Gasteiger partial charge in [0.15, 0.2) is 6.10 Å². The van der Waals surface area contributed by atoms with E-state index in [0.717, 1.165) is 18.2 Å². The summed E-state index contributed by atoms with van der Waals surface area (Å²) in [6.07, 6.45) is 0.807. The Bertz CT molecular complexity index is 995. The number of carbonyl (C=O) groups is 2. The average Bonchev–Trinajstić information content (AvgIpc) is 2.83. The van der Waals surface area contributed by atoms with E-state index in [2.05, 4.69) is 11.9 Å². The third-order valence-electron chi connectivity index (χ3n) is 4.31. The molecule has 1 amide bonds. The van der Waals surface area contributed by atoms with Crippen molar-refractivity contribution in [3.05, 3.63) is 84.5 Å². The van der Waals surface area contributed by atoms with Gasteiger partial charge >= 0.3 is 12.1 Å². The van der Waals surface area contributed by atoms with Crippen LogP contribution in [0.1, 0.15) is 11.7 Å². The molecule has 2 atom stereocenters. The lowest BCUT2D eigenvalue weighted by atomic mass is 10.0. The maximum absolute atomic E-state index is 13.9. The first-order valence-electron chi connectivity index (χ1n) is 10.1. The summed E-state index contributed by atoms with van der Waals surface area (Å²) < 4.78 is 48.1. The molecule has 2 N–H and O–H groups in total. The SMILES string of the molecule is C=CCOC(=O)/C=C/[C@@H](OC)[C@H](OC(=O)Nc1ccc(F)cc1F)c1ccc(OCCO)cc1. The fraction of sp³-hybridized carbons (Fsp3) is 0.250. The summed E-state index contributed by atoms with van der Waals surface area (Å²) in [7, 11) is 1.34. The summed E-state index contributed by atoms with van der Waals surface area (Å²) in [5.41, 5.74) is 0.178. The Labute approximate surface area is 195 Å². The Morgan fingerprint density at radius 2 is 1.91 bits per heavy atom. The van der Waals surface area contributed by atoms with Gasteiger partial charge in [0.2, 0.25) is 0 Å². The number of rotatable bonds is 12. The number of hydrogen-bond acceptors (Lipinski definition) is 7. The molecule has 0 aliphatic heterocycles. The monoisotopic (exact) mass is 477 g/mol. The largest absolute Gasteiger partial charge is 0.491 e. The molecule has 0 fully saturated rings. The molecular formula is C24H25F2NO7. The van der Waals surface area contributed by atoms with Crippen molar-refractivity contribution in [1.82, 2.24) is 0 Å². The van der Waals surface area contributed by atoms with Crippen LogP contribution in [0.15, 0.2) is 67.3 Å². The van der Waals surface area contributed by atoms with Crippen LogP contribution in [-0.4, -0.2) is 50.2 Å². The Morgan fingerprint density at radius 1 is 1.18 bits per heavy atom. The Hall–Kier alpha value is -3.76. The van der Waals surface area contributed by atoms with Crippen molar-refractivity contribution in [2.24, 2.45) is 0 Å². The van der Waals surface area contributed by atoms with Crippen LogP contribution in [0.2, 0.25) is 0 Å². The van der Waals surface area contributed by atoms with Gasteiger partial charge in [0.25, 0.3) is 0 Å². The smallest absolute Gasteiger partial charge is 0.412 e. The molecule has 10 heteroatoms. The van der Waals surface area contributed by atoms with Crippen molar-refractivity contribution in [2.75, 3.05) is 32.2 Å². The van der Waals surface area contributed by atoms with Crippen LogP contribution in [0, 0.1) is 11.6 Å². The molecular weight excluding hydrogens is 452 g/mol. The lowest BCUT2D eigenvalue weighted by Crippen LogP contribution is -2.27. The minimum Gasteiger partial charge on any atom is -0.491 e. The summed E-state index contributed by atoms with van der Waals surface area (Å²) in [5.74, 6) is -1.98. The zero-order chi connectivity index (χ0) is 24.9. The minimum atomic E-state index is -1.08. The van der Waals surface area contributed by atoms with Crippen molar-refractivity contribution in [3.8, 4) is 5.75 Å². The van der Waals surface area contributed by atoms with E-state index in [9.17, 15) is 18.4 Å². The standard InChI is InChI=1S/C24H25F2NO7/c1-3-13-33-22(29)11-10-21(31-2)23(16-4-7-18(8-5-16)32-14-12-28)34-24(30)27-20-9-6-17(25)15-19(20)26/h3-11,15,21,23,28H,1,12-14H2,2H3,(H,27,30)/b11-10+/t21-,23-/m1/s1. The van der Waals surface area contributed by atoms with Crippen molar-refractivity contribution >= 4 is 17.7 Å². The molecule has 0 saturated heterocycles. The Balaban J connectivity index is 2.25. The molecule has 0 aliphatic carbocycles. The zero-order valence-electron chi connectivity index (χ0n) is 18.4. The third kappa shape index (κ3) is 8.30. The molecule has 0 spiro atoms. The van der Waals surface area contributed by atoms with Crippen LogP contribution in [-0.2, 0) is 19.0 Å². The second-order valence-corrected chi connectivity index (χ2v) is 6.69. The summed E-state index contributed by atoms with van der Waals surface area (Å²) in [6.45, 7) is 3.41. The fourth-order valence-corrected chi connectivity index (χ4v) is 2.75. The maximum Gasteiger partial charge on any atom is 0.412 e. The van der Waals surface area contributed by atoms with Gasteiger partial charge in [-0.1, -0.05) is 24.8 Å². The number of benzene rings is 2. The predicted octanol–water partition coefficient (Wildman–Crippen LogP) is 3.93. The van der Waals surface area contributed by atoms with E-state index in [1.54, 1.807) is 24.3 Å². The number of halogens is 2. The Morgan fingerprint density at radius 3 is 2.53 bits per heavy atom. The van der Waals surface area contributed by atoms with Crippen LogP contribution in [0.3, 0.4) is 0 Å². The summed E-state index contributed by atoms with van der Waals surface area (Å²) in [5, 5.41) is 11.1. The first-order chi connectivity index (χ1) is 16.4. The normalized spacial score (nSPS) is 12.6. The van der Waals surface area contributed by atoms with E-state index in [4.69, 9.17) is 24.1 Å². The predicted molar refractivity (Wildman–Crippen MR) is 119 cm³/mol. The van der Waals surface area contributed by atoms with Gasteiger partial charge < -0.3 is 24.1 Å². The molecule has 34 heavy (non-hydrogen) atoms. The van der Waals surface area contributed by atoms with Crippen LogP contribution in [0.5, 0.6) is 5.75 Å². The van der Waals surface area contributed by atoms with E-state index in [1.807, 2.05) is 0 Å². The van der Waals surface area contributed by atoms with Crippen molar-refractivity contribution < 1.29 is 42.4 Å². The van der Waals surface area contributed by atoms with Crippen LogP contribution >= 0.6 is 0 Å². The lowest BCUT2D eigenvalue weighted by molar-refractivity contribution is -0.136. The lowest BCUT2D eigenvalue weighted by Gasteiger charge is -2.24. The highest BCUT2D eigenvalue weighted by Gasteiger charge is 2.26. The highest BCUT2D eigenvalue weighted by atomic mass is 19.1. The molecule has 0 aromatic heterocycles.